The molecule has 10 atom stereocenters. The topological polar surface area (TPSA) is 226 Å². The molecule has 8 N–H and O–H groups in total. The number of aliphatic hydroxyl groups is 7. The van der Waals surface area contributed by atoms with E-state index in [1.54, 1.807) is 12.1 Å². The Kier molecular flexibility index (Phi) is 10.9. The average molecular weight is 655 g/mol. The first-order valence-electron chi connectivity index (χ1n) is 15.0. The van der Waals surface area contributed by atoms with Crippen molar-refractivity contribution in [3.8, 4) is 23.0 Å². The van der Waals surface area contributed by atoms with Gasteiger partial charge < -0.3 is 74.0 Å². The molecular weight excluding hydrogens is 612 g/mol. The smallest absolute Gasteiger partial charge is 0.186 e. The molecule has 0 amide bonds. The molecule has 0 aliphatic carbocycles. The summed E-state index contributed by atoms with van der Waals surface area (Å²) in [6.45, 7) is -1.60. The Labute approximate surface area is 265 Å². The van der Waals surface area contributed by atoms with Crippen LogP contribution in [-0.4, -0.2) is 137 Å². The molecule has 0 spiro atoms. The van der Waals surface area contributed by atoms with Crippen molar-refractivity contribution >= 4 is 0 Å². The summed E-state index contributed by atoms with van der Waals surface area (Å²) in [4.78, 5) is 0. The number of ether oxygens (including phenoxy) is 7. The average Bonchev–Trinajstić information content (AvgIpc) is 3.58. The summed E-state index contributed by atoms with van der Waals surface area (Å²) >= 11 is 0. The summed E-state index contributed by atoms with van der Waals surface area (Å²) in [5, 5.41) is 81.2. The van der Waals surface area contributed by atoms with E-state index in [2.05, 4.69) is 0 Å². The predicted octanol–water partition coefficient (Wildman–Crippen LogP) is -1.17. The quantitative estimate of drug-likeness (QED) is 0.119. The minimum atomic E-state index is -1.89. The summed E-state index contributed by atoms with van der Waals surface area (Å²) < 4.78 is 39.1. The lowest BCUT2D eigenvalue weighted by Crippen LogP contribution is -2.59. The number of hydrogen-bond acceptors (Lipinski definition) is 15. The van der Waals surface area contributed by atoms with Crippen LogP contribution in [-0.2, 0) is 25.4 Å². The first-order chi connectivity index (χ1) is 22.0. The van der Waals surface area contributed by atoms with Crippen molar-refractivity contribution in [1.82, 2.24) is 0 Å². The number of aromatic hydroxyl groups is 1. The molecule has 2 aromatic rings. The number of rotatable bonds is 13. The molecule has 3 aliphatic heterocycles. The number of fused-ring (bicyclic) bond motifs is 1. The number of aryl methyl sites for hydroxylation is 1. The molecule has 10 unspecified atom stereocenters. The maximum atomic E-state index is 10.5. The second kappa shape index (κ2) is 14.5. The van der Waals surface area contributed by atoms with Crippen molar-refractivity contribution in [2.24, 2.45) is 0 Å². The van der Waals surface area contributed by atoms with E-state index < -0.39 is 67.3 Å². The number of benzene rings is 2. The zero-order chi connectivity index (χ0) is 33.2. The molecule has 256 valence electrons. The van der Waals surface area contributed by atoms with Crippen LogP contribution in [0.2, 0.25) is 0 Å². The normalized spacial score (nSPS) is 33.9. The van der Waals surface area contributed by atoms with Crippen molar-refractivity contribution in [2.75, 3.05) is 47.3 Å². The van der Waals surface area contributed by atoms with Crippen molar-refractivity contribution in [2.45, 2.75) is 73.6 Å². The molecule has 2 saturated heterocycles. The van der Waals surface area contributed by atoms with Gasteiger partial charge in [0.05, 0.1) is 53.2 Å². The van der Waals surface area contributed by atoms with Gasteiger partial charge >= 0.3 is 0 Å². The van der Waals surface area contributed by atoms with E-state index in [1.807, 2.05) is 12.1 Å². The Morgan fingerprint density at radius 2 is 1.67 bits per heavy atom. The molecule has 0 bridgehead atoms. The number of phenolic OH excluding ortho intramolecular Hbond substituents is 1. The van der Waals surface area contributed by atoms with Gasteiger partial charge in [0.1, 0.15) is 42.2 Å². The Morgan fingerprint density at radius 1 is 0.913 bits per heavy atom. The van der Waals surface area contributed by atoms with E-state index in [0.29, 0.717) is 29.9 Å². The zero-order valence-electron chi connectivity index (χ0n) is 25.5. The van der Waals surface area contributed by atoms with Crippen LogP contribution >= 0.6 is 0 Å². The van der Waals surface area contributed by atoms with Gasteiger partial charge in [-0.3, -0.25) is 0 Å². The maximum Gasteiger partial charge on any atom is 0.186 e. The molecule has 3 heterocycles. The van der Waals surface area contributed by atoms with Gasteiger partial charge in [-0.2, -0.15) is 0 Å². The zero-order valence-corrected chi connectivity index (χ0v) is 25.5. The van der Waals surface area contributed by atoms with Crippen LogP contribution in [0.5, 0.6) is 23.0 Å². The Balaban J connectivity index is 1.18. The fourth-order valence-corrected chi connectivity index (χ4v) is 5.91. The second-order valence-corrected chi connectivity index (χ2v) is 11.7. The molecule has 0 saturated carbocycles. The minimum Gasteiger partial charge on any atom is -0.504 e. The van der Waals surface area contributed by atoms with Gasteiger partial charge in [-0.15, -0.1) is 0 Å². The van der Waals surface area contributed by atoms with Crippen molar-refractivity contribution in [3.63, 3.8) is 0 Å². The van der Waals surface area contributed by atoms with Gasteiger partial charge in [-0.25, -0.2) is 0 Å². The van der Waals surface area contributed by atoms with Crippen molar-refractivity contribution in [1.29, 1.82) is 0 Å². The molecule has 15 nitrogen and oxygen atoms in total. The van der Waals surface area contributed by atoms with Gasteiger partial charge in [0.15, 0.2) is 35.6 Å². The van der Waals surface area contributed by atoms with Crippen LogP contribution in [0.3, 0.4) is 0 Å². The summed E-state index contributed by atoms with van der Waals surface area (Å²) in [7, 11) is 2.97. The van der Waals surface area contributed by atoms with Crippen molar-refractivity contribution < 1.29 is 74.0 Å². The first-order valence-corrected chi connectivity index (χ1v) is 15.0. The lowest BCUT2D eigenvalue weighted by molar-refractivity contribution is -0.309. The molecular formula is C31H42O15. The van der Waals surface area contributed by atoms with E-state index in [1.165, 1.54) is 20.3 Å². The first kappa shape index (κ1) is 34.5. The minimum absolute atomic E-state index is 0.0129. The summed E-state index contributed by atoms with van der Waals surface area (Å²) in [5.41, 5.74) is 0.447. The lowest BCUT2D eigenvalue weighted by atomic mass is 9.90. The Bertz CT molecular complexity index is 1330. The highest BCUT2D eigenvalue weighted by Crippen LogP contribution is 2.51. The largest absolute Gasteiger partial charge is 0.504 e. The van der Waals surface area contributed by atoms with E-state index >= 15 is 0 Å². The summed E-state index contributed by atoms with van der Waals surface area (Å²) in [6.07, 6.45) is -9.64. The van der Waals surface area contributed by atoms with E-state index in [0.717, 1.165) is 11.1 Å². The third-order valence-electron chi connectivity index (χ3n) is 8.67. The standard InChI is InChI=1S/C31H42O15/c1-40-20-10-16(5-6-19(20)34)26-18(11-32)17-8-15(9-21(41-2)27(17)46-26)4-3-7-42-29-25(37)24(36)23(35)22(45-29)12-43-30-28(38)31(39,13-33)14-44-30/h5-6,8-10,18,22-26,28-30,32-39H,3-4,7,11-14H2,1-2H3. The van der Waals surface area contributed by atoms with Crippen LogP contribution in [0.15, 0.2) is 30.3 Å². The molecule has 0 radical (unpaired) electrons. The van der Waals surface area contributed by atoms with Gasteiger partial charge in [0.2, 0.25) is 0 Å². The number of phenols is 1. The molecule has 5 rings (SSSR count). The number of aliphatic hydroxyl groups excluding tert-OH is 6. The van der Waals surface area contributed by atoms with Crippen LogP contribution < -0.4 is 14.2 Å². The SMILES string of the molecule is COc1cc(C2Oc3c(OC)cc(CCCOC4OC(COC5OCC(O)(CO)C5O)C(O)C(O)C4O)cc3C2CO)ccc1O. The Hall–Kier alpha value is -2.80. The van der Waals surface area contributed by atoms with E-state index in [4.69, 9.17) is 33.2 Å². The second-order valence-electron chi connectivity index (χ2n) is 11.7. The summed E-state index contributed by atoms with van der Waals surface area (Å²) in [5.74, 6) is 0.850. The van der Waals surface area contributed by atoms with Gasteiger partial charge in [-0.05, 0) is 42.2 Å². The molecule has 2 aromatic carbocycles. The van der Waals surface area contributed by atoms with Crippen molar-refractivity contribution in [3.05, 3.63) is 47.0 Å². The highest BCUT2D eigenvalue weighted by Gasteiger charge is 2.50. The lowest BCUT2D eigenvalue weighted by Gasteiger charge is -2.40. The highest BCUT2D eigenvalue weighted by atomic mass is 16.7. The molecule has 15 heteroatoms. The van der Waals surface area contributed by atoms with E-state index in [9.17, 15) is 40.9 Å². The fourth-order valence-electron chi connectivity index (χ4n) is 5.91. The third kappa shape index (κ3) is 6.77. The maximum absolute atomic E-state index is 10.5. The van der Waals surface area contributed by atoms with Crippen LogP contribution in [0, 0.1) is 0 Å². The van der Waals surface area contributed by atoms with Crippen LogP contribution in [0.25, 0.3) is 0 Å². The van der Waals surface area contributed by atoms with Crippen LogP contribution in [0.4, 0.5) is 0 Å². The number of hydrogen-bond donors (Lipinski definition) is 8. The summed E-state index contributed by atoms with van der Waals surface area (Å²) in [6, 6.07) is 8.62. The molecule has 46 heavy (non-hydrogen) atoms. The Morgan fingerprint density at radius 3 is 2.35 bits per heavy atom. The highest BCUT2D eigenvalue weighted by molar-refractivity contribution is 5.56. The van der Waals surface area contributed by atoms with Crippen LogP contribution in [0.1, 0.15) is 35.1 Å². The van der Waals surface area contributed by atoms with Gasteiger partial charge in [0.25, 0.3) is 0 Å². The predicted molar refractivity (Wildman–Crippen MR) is 156 cm³/mol. The monoisotopic (exact) mass is 654 g/mol. The molecule has 3 aliphatic rings. The molecule has 0 aromatic heterocycles. The number of methoxy groups -OCH3 is 2. The van der Waals surface area contributed by atoms with Gasteiger partial charge in [0, 0.05) is 5.56 Å². The van der Waals surface area contributed by atoms with E-state index in [-0.39, 0.29) is 37.9 Å². The van der Waals surface area contributed by atoms with Gasteiger partial charge in [-0.1, -0.05) is 12.1 Å². The molecule has 2 fully saturated rings. The third-order valence-corrected chi connectivity index (χ3v) is 8.67. The fraction of sp³-hybridized carbons (Fsp3) is 0.613.